The predicted molar refractivity (Wildman–Crippen MR) is 99.1 cm³/mol. The molecule has 0 saturated heterocycles. The normalized spacial score (nSPS) is 10.2. The molecule has 0 unspecified atom stereocenters. The molecular formula is C18H25N5O2. The van der Waals surface area contributed by atoms with Gasteiger partial charge >= 0.3 is 0 Å². The molecule has 134 valence electrons. The van der Waals surface area contributed by atoms with Crippen LogP contribution in [0.3, 0.4) is 0 Å². The number of carbonyl (C=O) groups is 1. The van der Waals surface area contributed by atoms with Crippen molar-refractivity contribution in [3.8, 4) is 5.75 Å². The molecule has 1 aromatic carbocycles. The average molecular weight is 343 g/mol. The number of benzene rings is 1. The highest BCUT2D eigenvalue weighted by Gasteiger charge is 2.04. The van der Waals surface area contributed by atoms with Gasteiger partial charge in [-0.1, -0.05) is 12.1 Å². The van der Waals surface area contributed by atoms with E-state index in [-0.39, 0.29) is 12.5 Å². The number of hydrogen-bond donors (Lipinski definition) is 3. The quantitative estimate of drug-likeness (QED) is 0.605. The van der Waals surface area contributed by atoms with Gasteiger partial charge in [-0.15, -0.1) is 0 Å². The Morgan fingerprint density at radius 3 is 2.56 bits per heavy atom. The summed E-state index contributed by atoms with van der Waals surface area (Å²) in [7, 11) is 0. The van der Waals surface area contributed by atoms with Crippen LogP contribution in [0.2, 0.25) is 0 Å². The minimum Gasteiger partial charge on any atom is -0.484 e. The first-order valence-electron chi connectivity index (χ1n) is 8.36. The Morgan fingerprint density at radius 2 is 1.84 bits per heavy atom. The van der Waals surface area contributed by atoms with Gasteiger partial charge in [-0.2, -0.15) is 0 Å². The second kappa shape index (κ2) is 9.46. The van der Waals surface area contributed by atoms with E-state index in [2.05, 4.69) is 25.9 Å². The van der Waals surface area contributed by atoms with E-state index in [1.54, 1.807) is 0 Å². The van der Waals surface area contributed by atoms with Gasteiger partial charge < -0.3 is 20.7 Å². The third kappa shape index (κ3) is 6.66. The third-order valence-electron chi connectivity index (χ3n) is 3.31. The number of anilines is 2. The molecule has 1 heterocycles. The van der Waals surface area contributed by atoms with E-state index in [1.165, 1.54) is 0 Å². The lowest BCUT2D eigenvalue weighted by Crippen LogP contribution is -2.32. The number of aryl methyl sites for hydroxylation is 2. The summed E-state index contributed by atoms with van der Waals surface area (Å²) in [4.78, 5) is 20.4. The zero-order valence-corrected chi connectivity index (χ0v) is 14.9. The molecule has 2 rings (SSSR count). The van der Waals surface area contributed by atoms with Gasteiger partial charge in [0.25, 0.3) is 5.91 Å². The van der Waals surface area contributed by atoms with E-state index < -0.39 is 0 Å². The Kier molecular flexibility index (Phi) is 7.00. The lowest BCUT2D eigenvalue weighted by molar-refractivity contribution is -0.123. The lowest BCUT2D eigenvalue weighted by atomic mass is 10.2. The van der Waals surface area contributed by atoms with Gasteiger partial charge in [0.15, 0.2) is 6.61 Å². The van der Waals surface area contributed by atoms with Gasteiger partial charge in [0.05, 0.1) is 0 Å². The number of ether oxygens (including phenoxy) is 1. The van der Waals surface area contributed by atoms with Crippen LogP contribution in [0.1, 0.15) is 18.3 Å². The minimum atomic E-state index is -0.157. The fourth-order valence-electron chi connectivity index (χ4n) is 2.23. The van der Waals surface area contributed by atoms with E-state index in [9.17, 15) is 4.79 Å². The molecule has 0 saturated carbocycles. The molecule has 0 atom stereocenters. The van der Waals surface area contributed by atoms with Crippen molar-refractivity contribution in [3.05, 3.63) is 41.7 Å². The summed E-state index contributed by atoms with van der Waals surface area (Å²) < 4.78 is 5.46. The van der Waals surface area contributed by atoms with Crippen LogP contribution in [-0.2, 0) is 4.79 Å². The van der Waals surface area contributed by atoms with Crippen molar-refractivity contribution in [2.75, 3.05) is 36.9 Å². The number of carbonyl (C=O) groups excluding carboxylic acids is 1. The Balaban J connectivity index is 1.69. The Morgan fingerprint density at radius 1 is 1.08 bits per heavy atom. The second-order valence-corrected chi connectivity index (χ2v) is 5.60. The van der Waals surface area contributed by atoms with Crippen LogP contribution in [0.15, 0.2) is 30.3 Å². The van der Waals surface area contributed by atoms with Crippen molar-refractivity contribution in [2.24, 2.45) is 0 Å². The maximum absolute atomic E-state index is 11.8. The van der Waals surface area contributed by atoms with Gasteiger partial charge in [0, 0.05) is 25.7 Å². The number of aromatic nitrogens is 2. The summed E-state index contributed by atoms with van der Waals surface area (Å²) in [5, 5.41) is 9.14. The molecule has 25 heavy (non-hydrogen) atoms. The zero-order valence-electron chi connectivity index (χ0n) is 14.9. The van der Waals surface area contributed by atoms with E-state index in [0.29, 0.717) is 24.7 Å². The van der Waals surface area contributed by atoms with Crippen LogP contribution in [0.25, 0.3) is 0 Å². The fraction of sp³-hybridized carbons (Fsp3) is 0.389. The van der Waals surface area contributed by atoms with Gasteiger partial charge in [-0.25, -0.2) is 9.97 Å². The van der Waals surface area contributed by atoms with Crippen LogP contribution in [0, 0.1) is 13.8 Å². The molecule has 0 radical (unpaired) electrons. The van der Waals surface area contributed by atoms with E-state index in [0.717, 1.165) is 23.7 Å². The van der Waals surface area contributed by atoms with Gasteiger partial charge in [0.1, 0.15) is 23.2 Å². The number of amides is 1. The van der Waals surface area contributed by atoms with Gasteiger partial charge in [0.2, 0.25) is 0 Å². The first-order valence-corrected chi connectivity index (χ1v) is 8.36. The van der Waals surface area contributed by atoms with Gasteiger partial charge in [-0.05, 0) is 38.5 Å². The van der Waals surface area contributed by atoms with Crippen LogP contribution < -0.4 is 20.7 Å². The van der Waals surface area contributed by atoms with Crippen molar-refractivity contribution in [1.29, 1.82) is 0 Å². The molecule has 1 amide bonds. The van der Waals surface area contributed by atoms with E-state index >= 15 is 0 Å². The molecule has 1 aromatic heterocycles. The monoisotopic (exact) mass is 343 g/mol. The molecular weight excluding hydrogens is 318 g/mol. The topological polar surface area (TPSA) is 88.2 Å². The van der Waals surface area contributed by atoms with Crippen LogP contribution in [-0.4, -0.2) is 42.1 Å². The lowest BCUT2D eigenvalue weighted by Gasteiger charge is -2.10. The summed E-state index contributed by atoms with van der Waals surface area (Å²) >= 11 is 0. The van der Waals surface area contributed by atoms with Crippen LogP contribution in [0.4, 0.5) is 11.6 Å². The van der Waals surface area contributed by atoms with Gasteiger partial charge in [-0.3, -0.25) is 4.79 Å². The SMILES string of the molecule is CCNc1cc(NCCNC(=O)COc2cccc(C)c2)nc(C)n1. The molecule has 0 aliphatic rings. The summed E-state index contributed by atoms with van der Waals surface area (Å²) in [6.45, 7) is 7.69. The molecule has 0 aliphatic heterocycles. The van der Waals surface area contributed by atoms with Crippen molar-refractivity contribution < 1.29 is 9.53 Å². The predicted octanol–water partition coefficient (Wildman–Crippen LogP) is 2.13. The largest absolute Gasteiger partial charge is 0.484 e. The molecule has 0 spiro atoms. The van der Waals surface area contributed by atoms with Crippen molar-refractivity contribution in [3.63, 3.8) is 0 Å². The Labute approximate surface area is 148 Å². The molecule has 0 bridgehead atoms. The number of nitrogens with zero attached hydrogens (tertiary/aromatic N) is 2. The standard InChI is InChI=1S/C18H25N5O2/c1-4-19-16-11-17(23-14(3)22-16)20-8-9-21-18(24)12-25-15-7-5-6-13(2)10-15/h5-7,10-11H,4,8-9,12H2,1-3H3,(H,21,24)(H2,19,20,22,23). The van der Waals surface area contributed by atoms with Crippen molar-refractivity contribution in [1.82, 2.24) is 15.3 Å². The van der Waals surface area contributed by atoms with Crippen molar-refractivity contribution in [2.45, 2.75) is 20.8 Å². The highest BCUT2D eigenvalue weighted by atomic mass is 16.5. The average Bonchev–Trinajstić information content (AvgIpc) is 2.57. The summed E-state index contributed by atoms with van der Waals surface area (Å²) in [5.41, 5.74) is 1.10. The molecule has 7 nitrogen and oxygen atoms in total. The molecule has 0 fully saturated rings. The van der Waals surface area contributed by atoms with Crippen molar-refractivity contribution >= 4 is 17.5 Å². The summed E-state index contributed by atoms with van der Waals surface area (Å²) in [5.74, 6) is 2.74. The Bertz CT molecular complexity index is 706. The molecule has 7 heteroatoms. The smallest absolute Gasteiger partial charge is 0.258 e. The van der Waals surface area contributed by atoms with E-state index in [4.69, 9.17) is 4.74 Å². The summed E-state index contributed by atoms with van der Waals surface area (Å²) in [6, 6.07) is 9.46. The number of nitrogens with one attached hydrogen (secondary N) is 3. The minimum absolute atomic E-state index is 0.000632. The number of hydrogen-bond acceptors (Lipinski definition) is 6. The number of rotatable bonds is 9. The second-order valence-electron chi connectivity index (χ2n) is 5.60. The Hall–Kier alpha value is -2.83. The summed E-state index contributed by atoms with van der Waals surface area (Å²) in [6.07, 6.45) is 0. The molecule has 3 N–H and O–H groups in total. The van der Waals surface area contributed by atoms with Crippen LogP contribution in [0.5, 0.6) is 5.75 Å². The maximum Gasteiger partial charge on any atom is 0.258 e. The zero-order chi connectivity index (χ0) is 18.1. The highest BCUT2D eigenvalue weighted by Crippen LogP contribution is 2.12. The first-order chi connectivity index (χ1) is 12.1. The maximum atomic E-state index is 11.8. The fourth-order valence-corrected chi connectivity index (χ4v) is 2.23. The molecule has 2 aromatic rings. The highest BCUT2D eigenvalue weighted by molar-refractivity contribution is 5.77. The third-order valence-corrected chi connectivity index (χ3v) is 3.31. The van der Waals surface area contributed by atoms with Crippen LogP contribution >= 0.6 is 0 Å². The van der Waals surface area contributed by atoms with E-state index in [1.807, 2.05) is 51.1 Å². The molecule has 0 aliphatic carbocycles. The first kappa shape index (κ1) is 18.5.